The van der Waals surface area contributed by atoms with Crippen molar-refractivity contribution in [1.82, 2.24) is 5.32 Å². The Hall–Kier alpha value is -1.55. The van der Waals surface area contributed by atoms with Gasteiger partial charge in [0.25, 0.3) is 0 Å². The molecule has 2 rings (SSSR count). The van der Waals surface area contributed by atoms with Crippen molar-refractivity contribution in [2.45, 2.75) is 44.8 Å². The van der Waals surface area contributed by atoms with E-state index >= 15 is 0 Å². The zero-order chi connectivity index (χ0) is 13.7. The predicted molar refractivity (Wildman–Crippen MR) is 73.1 cm³/mol. The Morgan fingerprint density at radius 1 is 1.37 bits per heavy atom. The van der Waals surface area contributed by atoms with Crippen LogP contribution in [0.1, 0.15) is 31.7 Å². The fourth-order valence-corrected chi connectivity index (χ4v) is 2.42. The first-order valence-corrected chi connectivity index (χ1v) is 6.88. The van der Waals surface area contributed by atoms with Crippen molar-refractivity contribution in [3.05, 3.63) is 29.8 Å². The monoisotopic (exact) mass is 263 g/mol. The van der Waals surface area contributed by atoms with Crippen molar-refractivity contribution in [1.29, 1.82) is 0 Å². The molecule has 4 nitrogen and oxygen atoms in total. The number of nitrogens with one attached hydrogen (secondary N) is 1. The van der Waals surface area contributed by atoms with Gasteiger partial charge in [0, 0.05) is 0 Å². The Balaban J connectivity index is 1.84. The Morgan fingerprint density at radius 3 is 2.68 bits per heavy atom. The zero-order valence-electron chi connectivity index (χ0n) is 11.3. The number of aliphatic hydroxyl groups excluding tert-OH is 1. The minimum Gasteiger partial charge on any atom is -0.494 e. The molecule has 4 heteroatoms. The number of hydrogen-bond acceptors (Lipinski definition) is 3. The Kier molecular flexibility index (Phi) is 4.80. The van der Waals surface area contributed by atoms with Gasteiger partial charge in [0.1, 0.15) is 5.75 Å². The van der Waals surface area contributed by atoms with Gasteiger partial charge in [-0.1, -0.05) is 12.1 Å². The summed E-state index contributed by atoms with van der Waals surface area (Å²) in [5.41, 5.74) is 0.952. The van der Waals surface area contributed by atoms with Crippen LogP contribution in [0.15, 0.2) is 24.3 Å². The van der Waals surface area contributed by atoms with Gasteiger partial charge < -0.3 is 15.2 Å². The largest absolute Gasteiger partial charge is 0.494 e. The lowest BCUT2D eigenvalue weighted by Gasteiger charge is -2.16. The number of carbonyl (C=O) groups is 1. The van der Waals surface area contributed by atoms with E-state index in [4.69, 9.17) is 4.74 Å². The third-order valence-electron chi connectivity index (χ3n) is 3.42. The van der Waals surface area contributed by atoms with Crippen LogP contribution >= 0.6 is 0 Å². The van der Waals surface area contributed by atoms with Gasteiger partial charge in [0.15, 0.2) is 0 Å². The van der Waals surface area contributed by atoms with Crippen molar-refractivity contribution >= 4 is 5.91 Å². The highest BCUT2D eigenvalue weighted by molar-refractivity contribution is 5.79. The maximum Gasteiger partial charge on any atom is 0.224 e. The molecule has 1 fully saturated rings. The van der Waals surface area contributed by atoms with Gasteiger partial charge >= 0.3 is 0 Å². The van der Waals surface area contributed by atoms with E-state index in [1.54, 1.807) is 0 Å². The molecule has 1 aromatic rings. The normalized spacial score (nSPS) is 22.2. The van der Waals surface area contributed by atoms with Crippen LogP contribution in [0.4, 0.5) is 0 Å². The summed E-state index contributed by atoms with van der Waals surface area (Å²) < 4.78 is 5.35. The molecule has 2 atom stereocenters. The topological polar surface area (TPSA) is 58.6 Å². The van der Waals surface area contributed by atoms with Gasteiger partial charge in [-0.3, -0.25) is 4.79 Å². The van der Waals surface area contributed by atoms with Crippen LogP contribution in [0.5, 0.6) is 5.75 Å². The Labute approximate surface area is 113 Å². The lowest BCUT2D eigenvalue weighted by Crippen LogP contribution is -2.40. The van der Waals surface area contributed by atoms with Gasteiger partial charge in [-0.2, -0.15) is 0 Å². The zero-order valence-corrected chi connectivity index (χ0v) is 11.3. The highest BCUT2D eigenvalue weighted by atomic mass is 16.5. The van der Waals surface area contributed by atoms with E-state index in [9.17, 15) is 9.90 Å². The van der Waals surface area contributed by atoms with Crippen molar-refractivity contribution < 1.29 is 14.6 Å². The number of carbonyl (C=O) groups excluding carboxylic acids is 1. The predicted octanol–water partition coefficient (Wildman–Crippen LogP) is 1.66. The Bertz CT molecular complexity index is 416. The number of aliphatic hydroxyl groups is 1. The van der Waals surface area contributed by atoms with Gasteiger partial charge in [0.05, 0.1) is 25.2 Å². The highest BCUT2D eigenvalue weighted by Crippen LogP contribution is 2.19. The van der Waals surface area contributed by atoms with Crippen molar-refractivity contribution in [2.75, 3.05) is 6.61 Å². The van der Waals surface area contributed by atoms with Gasteiger partial charge in [0.2, 0.25) is 5.91 Å². The van der Waals surface area contributed by atoms with E-state index in [-0.39, 0.29) is 18.1 Å². The number of amides is 1. The quantitative estimate of drug-likeness (QED) is 0.849. The van der Waals surface area contributed by atoms with Crippen LogP contribution in [0.3, 0.4) is 0 Å². The lowest BCUT2D eigenvalue weighted by atomic mass is 10.1. The lowest BCUT2D eigenvalue weighted by molar-refractivity contribution is -0.121. The number of rotatable bonds is 5. The minimum absolute atomic E-state index is 0.0323. The Morgan fingerprint density at radius 2 is 2.11 bits per heavy atom. The van der Waals surface area contributed by atoms with Crippen LogP contribution in [0.25, 0.3) is 0 Å². The van der Waals surface area contributed by atoms with Crippen molar-refractivity contribution in [2.24, 2.45) is 0 Å². The van der Waals surface area contributed by atoms with E-state index in [1.807, 2.05) is 31.2 Å². The maximum absolute atomic E-state index is 11.9. The number of benzene rings is 1. The van der Waals surface area contributed by atoms with Crippen LogP contribution in [-0.2, 0) is 11.2 Å². The molecule has 1 aromatic carbocycles. The fraction of sp³-hybridized carbons (Fsp3) is 0.533. The van der Waals surface area contributed by atoms with E-state index in [0.29, 0.717) is 13.0 Å². The van der Waals surface area contributed by atoms with Crippen LogP contribution in [0.2, 0.25) is 0 Å². The third-order valence-corrected chi connectivity index (χ3v) is 3.42. The standard InChI is InChI=1S/C15H21NO3/c1-2-19-12-8-6-11(7-9-12)10-15(18)16-13-4-3-5-14(13)17/h6-9,13-14,17H,2-5,10H2,1H3,(H,16,18). The molecule has 2 N–H and O–H groups in total. The molecular formula is C15H21NO3. The molecule has 0 aliphatic heterocycles. The average Bonchev–Trinajstić information content (AvgIpc) is 2.78. The molecule has 1 aliphatic rings. The van der Waals surface area contributed by atoms with Crippen molar-refractivity contribution in [3.63, 3.8) is 0 Å². The fourth-order valence-electron chi connectivity index (χ4n) is 2.42. The molecular weight excluding hydrogens is 242 g/mol. The molecule has 0 heterocycles. The third kappa shape index (κ3) is 3.96. The molecule has 1 amide bonds. The number of hydrogen-bond donors (Lipinski definition) is 2. The maximum atomic E-state index is 11.9. The van der Waals surface area contributed by atoms with Crippen molar-refractivity contribution in [3.8, 4) is 5.75 Å². The van der Waals surface area contributed by atoms with E-state index in [0.717, 1.165) is 30.6 Å². The molecule has 0 saturated heterocycles. The van der Waals surface area contributed by atoms with E-state index in [1.165, 1.54) is 0 Å². The first-order valence-electron chi connectivity index (χ1n) is 6.88. The first kappa shape index (κ1) is 13.9. The molecule has 19 heavy (non-hydrogen) atoms. The average molecular weight is 263 g/mol. The number of ether oxygens (including phenoxy) is 1. The minimum atomic E-state index is -0.385. The van der Waals surface area contributed by atoms with Crippen LogP contribution in [-0.4, -0.2) is 29.8 Å². The first-order chi connectivity index (χ1) is 9.19. The summed E-state index contributed by atoms with van der Waals surface area (Å²) in [6.45, 7) is 2.58. The van der Waals surface area contributed by atoms with Gasteiger partial charge in [-0.25, -0.2) is 0 Å². The second-order valence-electron chi connectivity index (χ2n) is 4.93. The SMILES string of the molecule is CCOc1ccc(CC(=O)NC2CCCC2O)cc1. The molecule has 0 radical (unpaired) electrons. The molecule has 1 aliphatic carbocycles. The summed E-state index contributed by atoms with van der Waals surface area (Å²) in [6, 6.07) is 7.47. The van der Waals surface area contributed by atoms with Gasteiger partial charge in [-0.15, -0.1) is 0 Å². The molecule has 0 spiro atoms. The summed E-state index contributed by atoms with van der Waals surface area (Å²) in [5.74, 6) is 0.785. The highest BCUT2D eigenvalue weighted by Gasteiger charge is 2.26. The smallest absolute Gasteiger partial charge is 0.224 e. The molecule has 0 aromatic heterocycles. The second kappa shape index (κ2) is 6.57. The van der Waals surface area contributed by atoms with Gasteiger partial charge in [-0.05, 0) is 43.9 Å². The molecule has 104 valence electrons. The van der Waals surface area contributed by atoms with E-state index in [2.05, 4.69) is 5.32 Å². The molecule has 2 unspecified atom stereocenters. The molecule has 0 bridgehead atoms. The van der Waals surface area contributed by atoms with E-state index < -0.39 is 0 Å². The summed E-state index contributed by atoms with van der Waals surface area (Å²) >= 11 is 0. The summed E-state index contributed by atoms with van der Waals surface area (Å²) in [4.78, 5) is 11.9. The summed E-state index contributed by atoms with van der Waals surface area (Å²) in [5, 5.41) is 12.6. The second-order valence-corrected chi connectivity index (χ2v) is 4.93. The summed E-state index contributed by atoms with van der Waals surface area (Å²) in [6.07, 6.45) is 2.60. The summed E-state index contributed by atoms with van der Waals surface area (Å²) in [7, 11) is 0. The van der Waals surface area contributed by atoms with Crippen LogP contribution in [0, 0.1) is 0 Å². The van der Waals surface area contributed by atoms with Crippen LogP contribution < -0.4 is 10.1 Å². The molecule has 1 saturated carbocycles.